The predicted octanol–water partition coefficient (Wildman–Crippen LogP) is 1.59. The van der Waals surface area contributed by atoms with Gasteiger partial charge in [0, 0.05) is 7.11 Å². The monoisotopic (exact) mass is 309 g/mol. The lowest BCUT2D eigenvalue weighted by Gasteiger charge is -2.29. The number of carbonyl (C=O) groups is 2. The molecule has 0 spiro atoms. The van der Waals surface area contributed by atoms with Gasteiger partial charge in [0.2, 0.25) is 5.91 Å². The van der Waals surface area contributed by atoms with E-state index in [0.717, 1.165) is 5.56 Å². The van der Waals surface area contributed by atoms with E-state index in [0.29, 0.717) is 6.61 Å². The van der Waals surface area contributed by atoms with Crippen molar-refractivity contribution in [1.82, 2.24) is 5.32 Å². The van der Waals surface area contributed by atoms with Gasteiger partial charge in [-0.15, -0.1) is 0 Å². The fourth-order valence-corrected chi connectivity index (χ4v) is 2.05. The number of hydrogen-bond acceptors (Lipinski definition) is 4. The lowest BCUT2D eigenvalue weighted by Crippen LogP contribution is -2.53. The molecule has 6 nitrogen and oxygen atoms in total. The Kier molecular flexibility index (Phi) is 7.01. The minimum atomic E-state index is -1.00. The number of aliphatic carboxylic acids is 1. The second-order valence-electron chi connectivity index (χ2n) is 5.49. The molecule has 0 saturated carbocycles. The molecule has 1 amide bonds. The first kappa shape index (κ1) is 18.1. The number of ether oxygens (including phenoxy) is 2. The van der Waals surface area contributed by atoms with Crippen LogP contribution in [0.25, 0.3) is 0 Å². The average Bonchev–Trinajstić information content (AvgIpc) is 2.44. The highest BCUT2D eigenvalue weighted by molar-refractivity contribution is 5.82. The minimum absolute atomic E-state index is 0.108. The molecular formula is C16H23NO5. The number of hydrogen-bond donors (Lipinski definition) is 2. The predicted molar refractivity (Wildman–Crippen MR) is 81.4 cm³/mol. The van der Waals surface area contributed by atoms with Crippen molar-refractivity contribution >= 4 is 11.9 Å². The molecular weight excluding hydrogens is 286 g/mol. The van der Waals surface area contributed by atoms with E-state index in [1.807, 2.05) is 30.3 Å². The molecule has 22 heavy (non-hydrogen) atoms. The Morgan fingerprint density at radius 1 is 1.32 bits per heavy atom. The Balaban J connectivity index is 2.55. The smallest absolute Gasteiger partial charge is 0.305 e. The van der Waals surface area contributed by atoms with Crippen LogP contribution in [0.1, 0.15) is 25.8 Å². The van der Waals surface area contributed by atoms with Gasteiger partial charge in [-0.05, 0) is 19.4 Å². The third kappa shape index (κ3) is 6.24. The molecule has 0 bridgehead atoms. The molecule has 2 unspecified atom stereocenters. The lowest BCUT2D eigenvalue weighted by atomic mass is 9.98. The van der Waals surface area contributed by atoms with Crippen LogP contribution in [0.15, 0.2) is 30.3 Å². The van der Waals surface area contributed by atoms with E-state index in [1.54, 1.807) is 13.8 Å². The van der Waals surface area contributed by atoms with E-state index in [2.05, 4.69) is 5.32 Å². The lowest BCUT2D eigenvalue weighted by molar-refractivity contribution is -0.141. The van der Waals surface area contributed by atoms with Gasteiger partial charge in [0.25, 0.3) is 0 Å². The van der Waals surface area contributed by atoms with Gasteiger partial charge in [0.15, 0.2) is 0 Å². The highest BCUT2D eigenvalue weighted by atomic mass is 16.5. The number of nitrogens with one attached hydrogen (secondary N) is 1. The van der Waals surface area contributed by atoms with Crippen molar-refractivity contribution < 1.29 is 24.2 Å². The number of carbonyl (C=O) groups excluding carboxylic acids is 1. The first-order chi connectivity index (χ1) is 10.4. The van der Waals surface area contributed by atoms with Gasteiger partial charge in [-0.2, -0.15) is 0 Å². The number of methoxy groups -OCH3 is 1. The summed E-state index contributed by atoms with van der Waals surface area (Å²) in [6, 6.07) is 9.51. The summed E-state index contributed by atoms with van der Waals surface area (Å²) >= 11 is 0. The summed E-state index contributed by atoms with van der Waals surface area (Å²) in [7, 11) is 1.46. The van der Waals surface area contributed by atoms with Gasteiger partial charge in [0.05, 0.1) is 25.2 Å². The first-order valence-electron chi connectivity index (χ1n) is 7.04. The minimum Gasteiger partial charge on any atom is -0.481 e. The highest BCUT2D eigenvalue weighted by Gasteiger charge is 2.31. The van der Waals surface area contributed by atoms with Gasteiger partial charge in [0.1, 0.15) is 6.10 Å². The quantitative estimate of drug-likeness (QED) is 0.723. The van der Waals surface area contributed by atoms with Crippen LogP contribution in [0, 0.1) is 0 Å². The summed E-state index contributed by atoms with van der Waals surface area (Å²) < 4.78 is 10.5. The molecule has 0 aromatic heterocycles. The van der Waals surface area contributed by atoms with E-state index < -0.39 is 17.6 Å². The van der Waals surface area contributed by atoms with Gasteiger partial charge >= 0.3 is 5.97 Å². The zero-order valence-electron chi connectivity index (χ0n) is 13.2. The fourth-order valence-electron chi connectivity index (χ4n) is 2.05. The third-order valence-electron chi connectivity index (χ3n) is 3.14. The second-order valence-corrected chi connectivity index (χ2v) is 5.49. The molecule has 0 aliphatic rings. The molecule has 2 atom stereocenters. The van der Waals surface area contributed by atoms with Crippen molar-refractivity contribution in [3.05, 3.63) is 35.9 Å². The van der Waals surface area contributed by atoms with Gasteiger partial charge in [-0.25, -0.2) is 0 Å². The van der Waals surface area contributed by atoms with E-state index in [9.17, 15) is 9.59 Å². The zero-order chi connectivity index (χ0) is 16.6. The standard InChI is InChI=1S/C16H23NO5/c1-12(22-10-13-7-5-4-6-8-13)15(20)17-16(2,11-21-3)9-14(18)19/h4-8,12H,9-11H2,1-3H3,(H,17,20)(H,18,19). The van der Waals surface area contributed by atoms with Crippen LogP contribution >= 0.6 is 0 Å². The van der Waals surface area contributed by atoms with Crippen molar-refractivity contribution in [2.75, 3.05) is 13.7 Å². The van der Waals surface area contributed by atoms with Crippen LogP contribution in [0.4, 0.5) is 0 Å². The van der Waals surface area contributed by atoms with Crippen molar-refractivity contribution in [1.29, 1.82) is 0 Å². The Morgan fingerprint density at radius 2 is 1.95 bits per heavy atom. The number of carboxylic acid groups (broad SMARTS) is 1. The molecule has 0 aliphatic carbocycles. The van der Waals surface area contributed by atoms with Gasteiger partial charge < -0.3 is 19.9 Å². The molecule has 0 radical (unpaired) electrons. The summed E-state index contributed by atoms with van der Waals surface area (Å²) in [6.45, 7) is 3.69. The van der Waals surface area contributed by atoms with Crippen LogP contribution < -0.4 is 5.32 Å². The van der Waals surface area contributed by atoms with Gasteiger partial charge in [-0.3, -0.25) is 9.59 Å². The number of rotatable bonds is 9. The molecule has 6 heteroatoms. The molecule has 0 heterocycles. The Morgan fingerprint density at radius 3 is 2.50 bits per heavy atom. The zero-order valence-corrected chi connectivity index (χ0v) is 13.2. The SMILES string of the molecule is COCC(C)(CC(=O)O)NC(=O)C(C)OCc1ccccc1. The highest BCUT2D eigenvalue weighted by Crippen LogP contribution is 2.12. The summed E-state index contributed by atoms with van der Waals surface area (Å²) in [6.07, 6.45) is -0.914. The number of carboxylic acids is 1. The largest absolute Gasteiger partial charge is 0.481 e. The van der Waals surface area contributed by atoms with Crippen LogP contribution in [-0.4, -0.2) is 42.3 Å². The molecule has 1 aromatic rings. The van der Waals surface area contributed by atoms with Crippen molar-refractivity contribution in [2.24, 2.45) is 0 Å². The van der Waals surface area contributed by atoms with Crippen molar-refractivity contribution in [3.8, 4) is 0 Å². The van der Waals surface area contributed by atoms with Crippen molar-refractivity contribution in [2.45, 2.75) is 38.5 Å². The maximum atomic E-state index is 12.2. The van der Waals surface area contributed by atoms with Gasteiger partial charge in [-0.1, -0.05) is 30.3 Å². The molecule has 0 saturated heterocycles. The molecule has 0 aliphatic heterocycles. The van der Waals surface area contributed by atoms with Crippen LogP contribution in [0.2, 0.25) is 0 Å². The maximum absolute atomic E-state index is 12.2. The average molecular weight is 309 g/mol. The molecule has 1 rings (SSSR count). The van der Waals surface area contributed by atoms with E-state index in [4.69, 9.17) is 14.6 Å². The first-order valence-corrected chi connectivity index (χ1v) is 7.04. The normalized spacial score (nSPS) is 14.9. The summed E-state index contributed by atoms with van der Waals surface area (Å²) in [4.78, 5) is 23.1. The molecule has 1 aromatic carbocycles. The maximum Gasteiger partial charge on any atom is 0.305 e. The topological polar surface area (TPSA) is 84.9 Å². The Hall–Kier alpha value is -1.92. The van der Waals surface area contributed by atoms with Crippen LogP contribution in [0.3, 0.4) is 0 Å². The fraction of sp³-hybridized carbons (Fsp3) is 0.500. The molecule has 122 valence electrons. The number of amides is 1. The van der Waals surface area contributed by atoms with Crippen molar-refractivity contribution in [3.63, 3.8) is 0 Å². The van der Waals surface area contributed by atoms with Crippen LogP contribution in [-0.2, 0) is 25.7 Å². The van der Waals surface area contributed by atoms with E-state index in [-0.39, 0.29) is 18.9 Å². The Labute approximate surface area is 130 Å². The Bertz CT molecular complexity index is 491. The van der Waals surface area contributed by atoms with Crippen LogP contribution in [0.5, 0.6) is 0 Å². The summed E-state index contributed by atoms with van der Waals surface area (Å²) in [5.41, 5.74) is -0.00508. The molecule has 2 N–H and O–H groups in total. The van der Waals surface area contributed by atoms with E-state index in [1.165, 1.54) is 7.11 Å². The molecule has 0 fully saturated rings. The second kappa shape index (κ2) is 8.51. The summed E-state index contributed by atoms with van der Waals surface area (Å²) in [5, 5.41) is 11.6. The number of benzene rings is 1. The third-order valence-corrected chi connectivity index (χ3v) is 3.14. The summed E-state index contributed by atoms with van der Waals surface area (Å²) in [5.74, 6) is -1.37. The van der Waals surface area contributed by atoms with E-state index >= 15 is 0 Å².